The van der Waals surface area contributed by atoms with E-state index in [0.29, 0.717) is 19.0 Å². The highest BCUT2D eigenvalue weighted by Gasteiger charge is 2.17. The van der Waals surface area contributed by atoms with E-state index in [1.165, 1.54) is 12.4 Å². The molecule has 0 amide bonds. The normalized spacial score (nSPS) is 23.0. The van der Waals surface area contributed by atoms with Gasteiger partial charge in [0.1, 0.15) is 5.82 Å². The van der Waals surface area contributed by atoms with E-state index in [9.17, 15) is 4.39 Å². The Hall–Kier alpha value is -1.07. The van der Waals surface area contributed by atoms with E-state index in [4.69, 9.17) is 4.74 Å². The number of rotatable bonds is 1. The fraction of sp³-hybridized carbons (Fsp3) is 0.500. The zero-order valence-electron chi connectivity index (χ0n) is 7.03. The van der Waals surface area contributed by atoms with Gasteiger partial charge in [0.2, 0.25) is 0 Å². The van der Waals surface area contributed by atoms with Gasteiger partial charge in [-0.25, -0.2) is 14.4 Å². The quantitative estimate of drug-likeness (QED) is 0.679. The number of hydrogen-bond acceptors (Lipinski definition) is 4. The summed E-state index contributed by atoms with van der Waals surface area (Å²) in [5, 5.41) is 3.18. The van der Waals surface area contributed by atoms with Crippen molar-refractivity contribution in [1.29, 1.82) is 0 Å². The van der Waals surface area contributed by atoms with Gasteiger partial charge >= 0.3 is 0 Å². The largest absolute Gasteiger partial charge is 0.378 e. The summed E-state index contributed by atoms with van der Waals surface area (Å²) in [6.07, 6.45) is 2.33. The van der Waals surface area contributed by atoms with Crippen molar-refractivity contribution in [3.05, 3.63) is 24.0 Å². The Morgan fingerprint density at radius 2 is 2.23 bits per heavy atom. The van der Waals surface area contributed by atoms with Crippen molar-refractivity contribution >= 4 is 0 Å². The molecule has 5 heteroatoms. The number of hydrogen-bond donors (Lipinski definition) is 1. The van der Waals surface area contributed by atoms with Crippen LogP contribution in [-0.4, -0.2) is 29.7 Å². The van der Waals surface area contributed by atoms with E-state index in [0.717, 1.165) is 6.54 Å². The lowest BCUT2D eigenvalue weighted by atomic mass is 10.2. The molecule has 1 aliphatic heterocycles. The van der Waals surface area contributed by atoms with Crippen molar-refractivity contribution in [2.24, 2.45) is 0 Å². The Morgan fingerprint density at radius 3 is 2.85 bits per heavy atom. The van der Waals surface area contributed by atoms with Crippen molar-refractivity contribution in [1.82, 2.24) is 15.3 Å². The second-order valence-corrected chi connectivity index (χ2v) is 2.84. The first-order valence-corrected chi connectivity index (χ1v) is 4.15. The number of halogens is 1. The Balaban J connectivity index is 2.10. The van der Waals surface area contributed by atoms with Crippen molar-refractivity contribution < 1.29 is 9.13 Å². The molecular formula is C8H10FN3O. The average molecular weight is 183 g/mol. The van der Waals surface area contributed by atoms with Crippen LogP contribution >= 0.6 is 0 Å². The molecular weight excluding hydrogens is 173 g/mol. The maximum absolute atomic E-state index is 12.5. The van der Waals surface area contributed by atoms with Crippen LogP contribution in [0.2, 0.25) is 0 Å². The zero-order valence-corrected chi connectivity index (χ0v) is 7.03. The molecule has 1 aromatic rings. The van der Waals surface area contributed by atoms with E-state index in [2.05, 4.69) is 15.3 Å². The second kappa shape index (κ2) is 3.76. The molecule has 2 rings (SSSR count). The van der Waals surface area contributed by atoms with Gasteiger partial charge in [-0.15, -0.1) is 0 Å². The summed E-state index contributed by atoms with van der Waals surface area (Å²) in [4.78, 5) is 7.75. The van der Waals surface area contributed by atoms with Crippen molar-refractivity contribution in [3.8, 4) is 0 Å². The van der Waals surface area contributed by atoms with Gasteiger partial charge in [0.15, 0.2) is 5.82 Å². The van der Waals surface area contributed by atoms with E-state index in [-0.39, 0.29) is 6.04 Å². The van der Waals surface area contributed by atoms with Gasteiger partial charge in [0.25, 0.3) is 0 Å². The molecule has 0 spiro atoms. The van der Waals surface area contributed by atoms with Crippen LogP contribution < -0.4 is 5.32 Å². The van der Waals surface area contributed by atoms with E-state index >= 15 is 0 Å². The van der Waals surface area contributed by atoms with Gasteiger partial charge in [-0.2, -0.15) is 0 Å². The van der Waals surface area contributed by atoms with Crippen LogP contribution in [-0.2, 0) is 4.74 Å². The summed E-state index contributed by atoms with van der Waals surface area (Å²) >= 11 is 0. The number of morpholine rings is 1. The van der Waals surface area contributed by atoms with Crippen LogP contribution in [0.25, 0.3) is 0 Å². The lowest BCUT2D eigenvalue weighted by Gasteiger charge is -2.22. The van der Waals surface area contributed by atoms with E-state index < -0.39 is 5.82 Å². The van der Waals surface area contributed by atoms with Crippen LogP contribution in [0.3, 0.4) is 0 Å². The molecule has 0 bridgehead atoms. The van der Waals surface area contributed by atoms with E-state index in [1.807, 2.05) is 0 Å². The minimum atomic E-state index is -0.416. The SMILES string of the molecule is Fc1cnc(C2COCCN2)nc1. The summed E-state index contributed by atoms with van der Waals surface area (Å²) in [6.45, 7) is 2.04. The first kappa shape index (κ1) is 8.52. The Bertz CT molecular complexity index is 271. The molecule has 1 fully saturated rings. The predicted octanol–water partition coefficient (Wildman–Crippen LogP) is 0.277. The first-order valence-electron chi connectivity index (χ1n) is 4.15. The van der Waals surface area contributed by atoms with Crippen LogP contribution in [0.15, 0.2) is 12.4 Å². The van der Waals surface area contributed by atoms with Crippen LogP contribution in [0.1, 0.15) is 11.9 Å². The monoisotopic (exact) mass is 183 g/mol. The van der Waals surface area contributed by atoms with Crippen LogP contribution in [0.5, 0.6) is 0 Å². The van der Waals surface area contributed by atoms with E-state index in [1.54, 1.807) is 0 Å². The summed E-state index contributed by atoms with van der Waals surface area (Å²) in [5.41, 5.74) is 0. The highest BCUT2D eigenvalue weighted by Crippen LogP contribution is 2.09. The summed E-state index contributed by atoms with van der Waals surface area (Å²) in [6, 6.07) is -0.00523. The van der Waals surface area contributed by atoms with Crippen molar-refractivity contribution in [3.63, 3.8) is 0 Å². The standard InChI is InChI=1S/C8H10FN3O/c9-6-3-11-8(12-4-6)7-5-13-2-1-10-7/h3-4,7,10H,1-2,5H2. The molecule has 13 heavy (non-hydrogen) atoms. The lowest BCUT2D eigenvalue weighted by Crippen LogP contribution is -2.35. The van der Waals surface area contributed by atoms with Gasteiger partial charge in [0, 0.05) is 6.54 Å². The molecule has 1 atom stereocenters. The number of nitrogens with one attached hydrogen (secondary N) is 1. The second-order valence-electron chi connectivity index (χ2n) is 2.84. The smallest absolute Gasteiger partial charge is 0.159 e. The molecule has 1 aliphatic rings. The third kappa shape index (κ3) is 1.99. The lowest BCUT2D eigenvalue weighted by molar-refractivity contribution is 0.0741. The minimum absolute atomic E-state index is 0.00523. The van der Waals surface area contributed by atoms with Crippen molar-refractivity contribution in [2.45, 2.75) is 6.04 Å². The third-order valence-corrected chi connectivity index (χ3v) is 1.87. The summed E-state index contributed by atoms with van der Waals surface area (Å²) in [5.74, 6) is 0.168. The van der Waals surface area contributed by atoms with Gasteiger partial charge in [-0.1, -0.05) is 0 Å². The molecule has 1 aromatic heterocycles. The molecule has 4 nitrogen and oxygen atoms in total. The molecule has 0 radical (unpaired) electrons. The Kier molecular flexibility index (Phi) is 2.47. The highest BCUT2D eigenvalue weighted by atomic mass is 19.1. The summed E-state index contributed by atoms with van der Waals surface area (Å²) < 4.78 is 17.7. The Morgan fingerprint density at radius 1 is 1.46 bits per heavy atom. The van der Waals surface area contributed by atoms with Gasteiger partial charge in [0.05, 0.1) is 31.6 Å². The maximum Gasteiger partial charge on any atom is 0.159 e. The molecule has 2 heterocycles. The topological polar surface area (TPSA) is 47.0 Å². The number of ether oxygens (including phenoxy) is 1. The van der Waals surface area contributed by atoms with Gasteiger partial charge in [-0.05, 0) is 0 Å². The van der Waals surface area contributed by atoms with Gasteiger partial charge < -0.3 is 10.1 Å². The molecule has 0 aromatic carbocycles. The highest BCUT2D eigenvalue weighted by molar-refractivity contribution is 4.98. The molecule has 0 saturated carbocycles. The first-order chi connectivity index (χ1) is 6.36. The fourth-order valence-corrected chi connectivity index (χ4v) is 1.23. The van der Waals surface area contributed by atoms with Crippen LogP contribution in [0, 0.1) is 5.82 Å². The van der Waals surface area contributed by atoms with Crippen LogP contribution in [0.4, 0.5) is 4.39 Å². The molecule has 1 N–H and O–H groups in total. The fourth-order valence-electron chi connectivity index (χ4n) is 1.23. The molecule has 1 unspecified atom stereocenters. The predicted molar refractivity (Wildman–Crippen MR) is 43.6 cm³/mol. The molecule has 1 saturated heterocycles. The number of nitrogens with zero attached hydrogens (tertiary/aromatic N) is 2. The summed E-state index contributed by atoms with van der Waals surface area (Å²) in [7, 11) is 0. The maximum atomic E-state index is 12.5. The average Bonchev–Trinajstić information content (AvgIpc) is 2.20. The third-order valence-electron chi connectivity index (χ3n) is 1.87. The number of aromatic nitrogens is 2. The molecule has 70 valence electrons. The Labute approximate surface area is 75.2 Å². The van der Waals surface area contributed by atoms with Crippen molar-refractivity contribution in [2.75, 3.05) is 19.8 Å². The zero-order chi connectivity index (χ0) is 9.10. The minimum Gasteiger partial charge on any atom is -0.378 e. The van der Waals surface area contributed by atoms with Gasteiger partial charge in [-0.3, -0.25) is 0 Å². The molecule has 0 aliphatic carbocycles.